The highest BCUT2D eigenvalue weighted by Gasteiger charge is 2.38. The number of anilines is 1. The Labute approximate surface area is 134 Å². The fourth-order valence-corrected chi connectivity index (χ4v) is 4.35. The molecule has 1 aromatic carbocycles. The van der Waals surface area contributed by atoms with Crippen molar-refractivity contribution >= 4 is 34.2 Å². The summed E-state index contributed by atoms with van der Waals surface area (Å²) in [6, 6.07) is 3.61. The van der Waals surface area contributed by atoms with Crippen LogP contribution in [-0.4, -0.2) is 30.7 Å². The van der Waals surface area contributed by atoms with Gasteiger partial charge in [0.25, 0.3) is 0 Å². The fourth-order valence-electron chi connectivity index (χ4n) is 2.91. The number of benzene rings is 1. The Morgan fingerprint density at radius 1 is 1.19 bits per heavy atom. The maximum atomic E-state index is 6.20. The summed E-state index contributed by atoms with van der Waals surface area (Å²) in [4.78, 5) is 4.90. The minimum absolute atomic E-state index is 0.163. The summed E-state index contributed by atoms with van der Waals surface area (Å²) in [5.74, 6) is 2.38. The molecule has 4 nitrogen and oxygen atoms in total. The number of amidine groups is 1. The largest absolute Gasteiger partial charge is 0.495 e. The molecule has 0 radical (unpaired) electrons. The van der Waals surface area contributed by atoms with E-state index in [1.807, 2.05) is 6.07 Å². The molecule has 0 saturated heterocycles. The second-order valence-corrected chi connectivity index (χ2v) is 6.82. The van der Waals surface area contributed by atoms with Crippen LogP contribution in [0.5, 0.6) is 11.5 Å². The quantitative estimate of drug-likeness (QED) is 0.904. The molecule has 1 aromatic rings. The molecule has 1 aliphatic carbocycles. The summed E-state index contributed by atoms with van der Waals surface area (Å²) in [6.07, 6.45) is 4.97. The third-order valence-electron chi connectivity index (χ3n) is 4.07. The normalized spacial score (nSPS) is 19.7. The third-order valence-corrected chi connectivity index (χ3v) is 5.51. The van der Waals surface area contributed by atoms with E-state index in [0.717, 1.165) is 16.6 Å². The minimum atomic E-state index is 0.163. The topological polar surface area (TPSA) is 42.9 Å². The molecular formula is C15H19ClN2O2S. The zero-order valence-corrected chi connectivity index (χ0v) is 13.8. The van der Waals surface area contributed by atoms with Crippen molar-refractivity contribution in [1.82, 2.24) is 0 Å². The van der Waals surface area contributed by atoms with E-state index in [9.17, 15) is 0 Å². The van der Waals surface area contributed by atoms with Crippen LogP contribution < -0.4 is 14.8 Å². The van der Waals surface area contributed by atoms with Gasteiger partial charge in [0.1, 0.15) is 11.5 Å². The van der Waals surface area contributed by atoms with Gasteiger partial charge in [0, 0.05) is 11.8 Å². The Bertz CT molecular complexity index is 571. The molecule has 21 heavy (non-hydrogen) atoms. The first kappa shape index (κ1) is 14.9. The van der Waals surface area contributed by atoms with Crippen molar-refractivity contribution in [2.75, 3.05) is 25.3 Å². The maximum absolute atomic E-state index is 6.20. The molecule has 1 saturated carbocycles. The highest BCUT2D eigenvalue weighted by molar-refractivity contribution is 8.14. The summed E-state index contributed by atoms with van der Waals surface area (Å²) in [5.41, 5.74) is 0.987. The van der Waals surface area contributed by atoms with Crippen LogP contribution in [0.1, 0.15) is 25.7 Å². The number of hydrogen-bond acceptors (Lipinski definition) is 5. The number of rotatable bonds is 3. The molecule has 1 heterocycles. The van der Waals surface area contributed by atoms with Crippen molar-refractivity contribution in [3.8, 4) is 11.5 Å². The Kier molecular flexibility index (Phi) is 4.22. The molecule has 1 aliphatic heterocycles. The van der Waals surface area contributed by atoms with E-state index in [1.165, 1.54) is 25.7 Å². The number of thioether (sulfide) groups is 1. The average molecular weight is 327 g/mol. The smallest absolute Gasteiger partial charge is 0.161 e. The zero-order chi connectivity index (χ0) is 14.9. The van der Waals surface area contributed by atoms with Crippen molar-refractivity contribution in [2.24, 2.45) is 4.99 Å². The van der Waals surface area contributed by atoms with Crippen LogP contribution in [0.2, 0.25) is 5.02 Å². The molecule has 3 rings (SSSR count). The summed E-state index contributed by atoms with van der Waals surface area (Å²) < 4.78 is 10.6. The van der Waals surface area contributed by atoms with Crippen molar-refractivity contribution in [3.63, 3.8) is 0 Å². The number of nitrogens with one attached hydrogen (secondary N) is 1. The number of nitrogens with zero attached hydrogens (tertiary/aromatic N) is 1. The molecule has 1 spiro atoms. The van der Waals surface area contributed by atoms with Crippen LogP contribution in [0.4, 0.5) is 5.69 Å². The van der Waals surface area contributed by atoms with E-state index in [1.54, 1.807) is 32.0 Å². The van der Waals surface area contributed by atoms with E-state index in [4.69, 9.17) is 26.1 Å². The highest BCUT2D eigenvalue weighted by Crippen LogP contribution is 2.42. The molecule has 1 fully saturated rings. The standard InChI is InChI=1S/C15H19ClN2O2S/c1-19-12-8-13(20-2)11(7-10(12)16)17-14-18-15(9-21-14)5-3-4-6-15/h7-8H,3-6,9H2,1-2H3,(H,17,18). The predicted octanol–water partition coefficient (Wildman–Crippen LogP) is 4.18. The SMILES string of the molecule is COc1cc(OC)c(NC2=NC3(CCCC3)CS2)cc1Cl. The summed E-state index contributed by atoms with van der Waals surface area (Å²) in [7, 11) is 3.23. The van der Waals surface area contributed by atoms with Gasteiger partial charge in [-0.1, -0.05) is 36.2 Å². The van der Waals surface area contributed by atoms with Crippen LogP contribution in [0.25, 0.3) is 0 Å². The van der Waals surface area contributed by atoms with Gasteiger partial charge in [0.2, 0.25) is 0 Å². The molecule has 0 atom stereocenters. The minimum Gasteiger partial charge on any atom is -0.495 e. The first-order valence-corrected chi connectivity index (χ1v) is 8.43. The molecule has 2 aliphatic rings. The molecule has 0 unspecified atom stereocenters. The third kappa shape index (κ3) is 2.94. The van der Waals surface area contributed by atoms with Crippen LogP contribution in [-0.2, 0) is 0 Å². The second kappa shape index (κ2) is 5.97. The first-order valence-electron chi connectivity index (χ1n) is 7.07. The average Bonchev–Trinajstić information content (AvgIpc) is 3.10. The van der Waals surface area contributed by atoms with E-state index in [-0.39, 0.29) is 5.54 Å². The Hall–Kier alpha value is -1.07. The van der Waals surface area contributed by atoms with Gasteiger partial charge in [-0.3, -0.25) is 4.99 Å². The molecule has 6 heteroatoms. The second-order valence-electron chi connectivity index (χ2n) is 5.45. The fraction of sp³-hybridized carbons (Fsp3) is 0.533. The van der Waals surface area contributed by atoms with Gasteiger partial charge in [-0.2, -0.15) is 0 Å². The van der Waals surface area contributed by atoms with Gasteiger partial charge in [0.05, 0.1) is 30.5 Å². The number of aliphatic imine (C=N–C) groups is 1. The Morgan fingerprint density at radius 3 is 2.57 bits per heavy atom. The number of ether oxygens (including phenoxy) is 2. The van der Waals surface area contributed by atoms with Crippen molar-refractivity contribution in [2.45, 2.75) is 31.2 Å². The lowest BCUT2D eigenvalue weighted by Crippen LogP contribution is -2.21. The molecule has 0 aromatic heterocycles. The molecule has 0 amide bonds. The summed E-state index contributed by atoms with van der Waals surface area (Å²) >= 11 is 7.97. The molecule has 1 N–H and O–H groups in total. The van der Waals surface area contributed by atoms with E-state index in [0.29, 0.717) is 16.5 Å². The number of halogens is 1. The van der Waals surface area contributed by atoms with Crippen molar-refractivity contribution in [1.29, 1.82) is 0 Å². The van der Waals surface area contributed by atoms with Crippen molar-refractivity contribution < 1.29 is 9.47 Å². The van der Waals surface area contributed by atoms with Crippen LogP contribution in [0, 0.1) is 0 Å². The monoisotopic (exact) mass is 326 g/mol. The zero-order valence-electron chi connectivity index (χ0n) is 12.2. The van der Waals surface area contributed by atoms with Gasteiger partial charge in [-0.25, -0.2) is 0 Å². The predicted molar refractivity (Wildman–Crippen MR) is 89.3 cm³/mol. The van der Waals surface area contributed by atoms with Crippen LogP contribution in [0.3, 0.4) is 0 Å². The van der Waals surface area contributed by atoms with Gasteiger partial charge >= 0.3 is 0 Å². The molecule has 0 bridgehead atoms. The maximum Gasteiger partial charge on any atom is 0.161 e. The highest BCUT2D eigenvalue weighted by atomic mass is 35.5. The summed E-state index contributed by atoms with van der Waals surface area (Å²) in [6.45, 7) is 0. The van der Waals surface area contributed by atoms with Gasteiger partial charge in [-0.05, 0) is 18.9 Å². The lowest BCUT2D eigenvalue weighted by molar-refractivity contribution is 0.396. The van der Waals surface area contributed by atoms with Gasteiger partial charge in [0.15, 0.2) is 5.17 Å². The van der Waals surface area contributed by atoms with Gasteiger partial charge < -0.3 is 14.8 Å². The van der Waals surface area contributed by atoms with Crippen LogP contribution in [0.15, 0.2) is 17.1 Å². The molecule has 114 valence electrons. The summed E-state index contributed by atoms with van der Waals surface area (Å²) in [5, 5.41) is 4.86. The first-order chi connectivity index (χ1) is 10.2. The van der Waals surface area contributed by atoms with E-state index < -0.39 is 0 Å². The van der Waals surface area contributed by atoms with Gasteiger partial charge in [-0.15, -0.1) is 0 Å². The lowest BCUT2D eigenvalue weighted by atomic mass is 10.0. The Morgan fingerprint density at radius 2 is 1.90 bits per heavy atom. The van der Waals surface area contributed by atoms with E-state index >= 15 is 0 Å². The Balaban J connectivity index is 1.83. The van der Waals surface area contributed by atoms with E-state index in [2.05, 4.69) is 5.32 Å². The lowest BCUT2D eigenvalue weighted by Gasteiger charge is -2.16. The van der Waals surface area contributed by atoms with Crippen molar-refractivity contribution in [3.05, 3.63) is 17.2 Å². The number of hydrogen-bond donors (Lipinski definition) is 1. The number of methoxy groups -OCH3 is 2. The van der Waals surface area contributed by atoms with Crippen LogP contribution >= 0.6 is 23.4 Å². The molecular weight excluding hydrogens is 308 g/mol.